The standard InChI is InChI=1S/C21H22Cl2N2O3S/c1-3-4-9-29(27,28)24-21(26)16-6-5-15-10-14(2)25(20(15)11-16)13-17-7-8-18(22)12-19(17)23/h5-8,10-12H,3-4,9,13H2,1-2H3,(H,24,26). The van der Waals surface area contributed by atoms with Gasteiger partial charge in [-0.1, -0.05) is 48.7 Å². The van der Waals surface area contributed by atoms with Gasteiger partial charge in [0.05, 0.1) is 5.75 Å². The lowest BCUT2D eigenvalue weighted by molar-refractivity contribution is 0.0981. The van der Waals surface area contributed by atoms with Crippen LogP contribution < -0.4 is 4.72 Å². The van der Waals surface area contributed by atoms with Gasteiger partial charge in [0.25, 0.3) is 5.91 Å². The van der Waals surface area contributed by atoms with Gasteiger partial charge in [0.2, 0.25) is 10.0 Å². The molecule has 1 heterocycles. The molecule has 0 aliphatic rings. The number of benzene rings is 2. The fraction of sp³-hybridized carbons (Fsp3) is 0.286. The van der Waals surface area contributed by atoms with Crippen LogP contribution in [0, 0.1) is 6.92 Å². The normalized spacial score (nSPS) is 11.7. The quantitative estimate of drug-likeness (QED) is 0.537. The van der Waals surface area contributed by atoms with E-state index in [1.807, 2.05) is 36.6 Å². The first-order valence-electron chi connectivity index (χ1n) is 9.29. The number of nitrogens with one attached hydrogen (secondary N) is 1. The highest BCUT2D eigenvalue weighted by Crippen LogP contribution is 2.26. The van der Waals surface area contributed by atoms with E-state index in [1.54, 1.807) is 24.3 Å². The zero-order valence-electron chi connectivity index (χ0n) is 16.2. The molecule has 29 heavy (non-hydrogen) atoms. The number of carbonyl (C=O) groups excluding carboxylic acids is 1. The van der Waals surface area contributed by atoms with Gasteiger partial charge in [-0.3, -0.25) is 4.79 Å². The van der Waals surface area contributed by atoms with Gasteiger partial charge in [-0.25, -0.2) is 13.1 Å². The molecule has 0 radical (unpaired) electrons. The van der Waals surface area contributed by atoms with E-state index in [1.165, 1.54) is 0 Å². The Morgan fingerprint density at radius 1 is 1.10 bits per heavy atom. The minimum absolute atomic E-state index is 0.0674. The maximum atomic E-state index is 12.5. The molecule has 0 bridgehead atoms. The molecule has 0 fully saturated rings. The summed E-state index contributed by atoms with van der Waals surface area (Å²) in [6.45, 7) is 4.37. The number of halogens is 2. The molecule has 0 saturated carbocycles. The summed E-state index contributed by atoms with van der Waals surface area (Å²) < 4.78 is 28.3. The zero-order valence-corrected chi connectivity index (χ0v) is 18.5. The van der Waals surface area contributed by atoms with Crippen LogP contribution in [0.4, 0.5) is 0 Å². The van der Waals surface area contributed by atoms with Crippen LogP contribution in [0.25, 0.3) is 10.9 Å². The lowest BCUT2D eigenvalue weighted by Gasteiger charge is -2.11. The Morgan fingerprint density at radius 2 is 1.86 bits per heavy atom. The van der Waals surface area contributed by atoms with Crippen molar-refractivity contribution in [1.82, 2.24) is 9.29 Å². The van der Waals surface area contributed by atoms with E-state index in [0.29, 0.717) is 28.6 Å². The predicted molar refractivity (Wildman–Crippen MR) is 118 cm³/mol. The molecule has 0 aliphatic heterocycles. The van der Waals surface area contributed by atoms with Crippen LogP contribution in [0.2, 0.25) is 10.0 Å². The fourth-order valence-corrected chi connectivity index (χ4v) is 4.79. The first kappa shape index (κ1) is 21.7. The molecule has 0 spiro atoms. The summed E-state index contributed by atoms with van der Waals surface area (Å²) in [4.78, 5) is 12.5. The van der Waals surface area contributed by atoms with Gasteiger partial charge in [-0.05, 0) is 54.6 Å². The molecule has 0 unspecified atom stereocenters. The second kappa shape index (κ2) is 8.78. The molecule has 8 heteroatoms. The number of aromatic nitrogens is 1. The fourth-order valence-electron chi connectivity index (χ4n) is 3.15. The van der Waals surface area contributed by atoms with E-state index in [2.05, 4.69) is 4.72 Å². The topological polar surface area (TPSA) is 68.2 Å². The molecule has 1 N–H and O–H groups in total. The van der Waals surface area contributed by atoms with Crippen molar-refractivity contribution in [3.05, 3.63) is 69.3 Å². The van der Waals surface area contributed by atoms with E-state index in [0.717, 1.165) is 28.6 Å². The highest BCUT2D eigenvalue weighted by Gasteiger charge is 2.17. The maximum absolute atomic E-state index is 12.5. The molecule has 1 amide bonds. The predicted octanol–water partition coefficient (Wildman–Crippen LogP) is 5.16. The molecule has 3 aromatic rings. The summed E-state index contributed by atoms with van der Waals surface area (Å²) in [5.74, 6) is -0.694. The highest BCUT2D eigenvalue weighted by atomic mass is 35.5. The van der Waals surface area contributed by atoms with Crippen LogP contribution in [0.1, 0.15) is 41.4 Å². The number of sulfonamides is 1. The number of rotatable bonds is 7. The van der Waals surface area contributed by atoms with Gasteiger partial charge in [-0.2, -0.15) is 0 Å². The van der Waals surface area contributed by atoms with E-state index in [-0.39, 0.29) is 5.75 Å². The van der Waals surface area contributed by atoms with Crippen LogP contribution in [0.3, 0.4) is 0 Å². The third kappa shape index (κ3) is 5.13. The molecule has 0 saturated heterocycles. The van der Waals surface area contributed by atoms with E-state index >= 15 is 0 Å². The van der Waals surface area contributed by atoms with Gasteiger partial charge >= 0.3 is 0 Å². The van der Waals surface area contributed by atoms with Crippen molar-refractivity contribution in [2.24, 2.45) is 0 Å². The summed E-state index contributed by atoms with van der Waals surface area (Å²) in [5, 5.41) is 2.09. The number of hydrogen-bond donors (Lipinski definition) is 1. The van der Waals surface area contributed by atoms with Crippen LogP contribution >= 0.6 is 23.2 Å². The van der Waals surface area contributed by atoms with Crippen LogP contribution in [-0.4, -0.2) is 24.6 Å². The summed E-state index contributed by atoms with van der Waals surface area (Å²) in [6, 6.07) is 12.5. The number of carbonyl (C=O) groups is 1. The van der Waals surface area contributed by atoms with Crippen LogP contribution in [0.5, 0.6) is 0 Å². The smallest absolute Gasteiger partial charge is 0.264 e. The third-order valence-electron chi connectivity index (χ3n) is 4.73. The van der Waals surface area contributed by atoms with Crippen molar-refractivity contribution in [3.8, 4) is 0 Å². The van der Waals surface area contributed by atoms with Crippen molar-refractivity contribution >= 4 is 50.0 Å². The number of nitrogens with zero attached hydrogens (tertiary/aromatic N) is 1. The van der Waals surface area contributed by atoms with Crippen LogP contribution in [0.15, 0.2) is 42.5 Å². The maximum Gasteiger partial charge on any atom is 0.264 e. The first-order chi connectivity index (χ1) is 13.7. The van der Waals surface area contributed by atoms with Gasteiger partial charge in [0, 0.05) is 33.4 Å². The van der Waals surface area contributed by atoms with E-state index < -0.39 is 15.9 Å². The van der Waals surface area contributed by atoms with Gasteiger partial charge in [0.1, 0.15) is 0 Å². The highest BCUT2D eigenvalue weighted by molar-refractivity contribution is 7.90. The lowest BCUT2D eigenvalue weighted by Crippen LogP contribution is -2.32. The Balaban J connectivity index is 1.93. The average Bonchev–Trinajstić information content (AvgIpc) is 2.96. The van der Waals surface area contributed by atoms with Gasteiger partial charge < -0.3 is 4.57 Å². The SMILES string of the molecule is CCCCS(=O)(=O)NC(=O)c1ccc2cc(C)n(Cc3ccc(Cl)cc3Cl)c2c1. The van der Waals surface area contributed by atoms with E-state index in [4.69, 9.17) is 23.2 Å². The van der Waals surface area contributed by atoms with Crippen molar-refractivity contribution in [2.45, 2.75) is 33.2 Å². The molecule has 1 aromatic heterocycles. The largest absolute Gasteiger partial charge is 0.340 e. The minimum atomic E-state index is -3.64. The number of amides is 1. The second-order valence-corrected chi connectivity index (χ2v) is 9.67. The van der Waals surface area contributed by atoms with E-state index in [9.17, 15) is 13.2 Å². The molecule has 3 rings (SSSR count). The summed E-state index contributed by atoms with van der Waals surface area (Å²) >= 11 is 12.3. The molecule has 2 aromatic carbocycles. The van der Waals surface area contributed by atoms with Crippen molar-refractivity contribution in [2.75, 3.05) is 5.75 Å². The summed E-state index contributed by atoms with van der Waals surface area (Å²) in [5.41, 5.74) is 3.01. The van der Waals surface area contributed by atoms with Crippen LogP contribution in [-0.2, 0) is 16.6 Å². The molecular weight excluding hydrogens is 431 g/mol. The molecular formula is C21H22Cl2N2O3S. The van der Waals surface area contributed by atoms with Gasteiger partial charge in [0.15, 0.2) is 0 Å². The average molecular weight is 453 g/mol. The molecule has 0 atom stereocenters. The minimum Gasteiger partial charge on any atom is -0.340 e. The molecule has 5 nitrogen and oxygen atoms in total. The lowest BCUT2D eigenvalue weighted by atomic mass is 10.1. The Labute approximate surface area is 180 Å². The second-order valence-electron chi connectivity index (χ2n) is 6.98. The van der Waals surface area contributed by atoms with Crippen molar-refractivity contribution < 1.29 is 13.2 Å². The Bertz CT molecular complexity index is 1170. The first-order valence-corrected chi connectivity index (χ1v) is 11.7. The summed E-state index contributed by atoms with van der Waals surface area (Å²) in [7, 11) is -3.64. The molecule has 154 valence electrons. The van der Waals surface area contributed by atoms with Crippen molar-refractivity contribution in [3.63, 3.8) is 0 Å². The van der Waals surface area contributed by atoms with Crippen molar-refractivity contribution in [1.29, 1.82) is 0 Å². The van der Waals surface area contributed by atoms with Gasteiger partial charge in [-0.15, -0.1) is 0 Å². The Kier molecular flexibility index (Phi) is 6.56. The zero-order chi connectivity index (χ0) is 21.2. The molecule has 0 aliphatic carbocycles. The monoisotopic (exact) mass is 452 g/mol. The number of hydrogen-bond acceptors (Lipinski definition) is 3. The number of aryl methyl sites for hydroxylation is 1. The number of fused-ring (bicyclic) bond motifs is 1. The Morgan fingerprint density at radius 3 is 2.55 bits per heavy atom. The Hall–Kier alpha value is -2.02. The third-order valence-corrected chi connectivity index (χ3v) is 6.64. The summed E-state index contributed by atoms with van der Waals surface area (Å²) in [6.07, 6.45) is 1.24. The number of unbranched alkanes of at least 4 members (excludes halogenated alkanes) is 1.